The van der Waals surface area contributed by atoms with Gasteiger partial charge in [-0.2, -0.15) is 0 Å². The van der Waals surface area contributed by atoms with E-state index in [-0.39, 0.29) is 5.41 Å². The second-order valence-electron chi connectivity index (χ2n) is 7.13. The highest BCUT2D eigenvalue weighted by molar-refractivity contribution is 5.29. The van der Waals surface area contributed by atoms with Gasteiger partial charge in [-0.1, -0.05) is 45.0 Å². The topological polar surface area (TPSA) is 29.3 Å². The van der Waals surface area contributed by atoms with Gasteiger partial charge >= 0.3 is 0 Å². The van der Waals surface area contributed by atoms with E-state index < -0.39 is 0 Å². The summed E-state index contributed by atoms with van der Waals surface area (Å²) in [6.07, 6.45) is 3.71. The van der Waals surface area contributed by atoms with Crippen molar-refractivity contribution in [2.24, 2.45) is 5.73 Å². The average Bonchev–Trinajstić information content (AvgIpc) is 2.45. The van der Waals surface area contributed by atoms with E-state index in [9.17, 15) is 0 Å². The minimum Gasteiger partial charge on any atom is -0.330 e. The van der Waals surface area contributed by atoms with Crippen LogP contribution in [0.1, 0.15) is 57.1 Å². The molecule has 1 saturated heterocycles. The van der Waals surface area contributed by atoms with E-state index in [0.717, 1.165) is 18.9 Å². The Morgan fingerprint density at radius 2 is 1.70 bits per heavy atom. The predicted molar refractivity (Wildman–Crippen MR) is 87.2 cm³/mol. The van der Waals surface area contributed by atoms with E-state index in [1.807, 2.05) is 0 Å². The lowest BCUT2D eigenvalue weighted by atomic mass is 9.84. The zero-order valence-electron chi connectivity index (χ0n) is 13.4. The highest BCUT2D eigenvalue weighted by atomic mass is 15.1. The molecule has 0 unspecified atom stereocenters. The highest BCUT2D eigenvalue weighted by Gasteiger charge is 2.21. The molecule has 0 radical (unpaired) electrons. The molecule has 0 amide bonds. The van der Waals surface area contributed by atoms with Crippen LogP contribution in [0.15, 0.2) is 24.3 Å². The standard InChI is InChI=1S/C18H30N2/c1-18(2,3)17-7-5-15(6-8-17)16-9-13-20(14-10-16)12-4-11-19/h5-8,16H,4,9-14,19H2,1-3H3. The summed E-state index contributed by atoms with van der Waals surface area (Å²) in [5, 5.41) is 0. The summed E-state index contributed by atoms with van der Waals surface area (Å²) in [5.41, 5.74) is 8.80. The molecule has 0 aliphatic carbocycles. The molecule has 1 aromatic rings. The van der Waals surface area contributed by atoms with Gasteiger partial charge in [0.05, 0.1) is 0 Å². The molecule has 112 valence electrons. The zero-order chi connectivity index (χ0) is 14.6. The van der Waals surface area contributed by atoms with Gasteiger partial charge in [-0.25, -0.2) is 0 Å². The molecule has 0 bridgehead atoms. The number of piperidine rings is 1. The van der Waals surface area contributed by atoms with Crippen LogP contribution in [0.25, 0.3) is 0 Å². The van der Waals surface area contributed by atoms with E-state index in [0.29, 0.717) is 0 Å². The first-order chi connectivity index (χ1) is 9.50. The molecule has 0 atom stereocenters. The minimum atomic E-state index is 0.254. The monoisotopic (exact) mass is 274 g/mol. The lowest BCUT2D eigenvalue weighted by Crippen LogP contribution is -2.34. The molecule has 1 aliphatic heterocycles. The Bertz CT molecular complexity index is 394. The van der Waals surface area contributed by atoms with Crippen LogP contribution in [-0.2, 0) is 5.41 Å². The molecule has 1 heterocycles. The fraction of sp³-hybridized carbons (Fsp3) is 0.667. The van der Waals surface area contributed by atoms with E-state index in [2.05, 4.69) is 49.9 Å². The lowest BCUT2D eigenvalue weighted by Gasteiger charge is -2.32. The van der Waals surface area contributed by atoms with Crippen LogP contribution in [0.2, 0.25) is 0 Å². The Kier molecular flexibility index (Phi) is 5.22. The Hall–Kier alpha value is -0.860. The molecular formula is C18H30N2. The fourth-order valence-corrected chi connectivity index (χ4v) is 3.06. The average molecular weight is 274 g/mol. The number of benzene rings is 1. The smallest absolute Gasteiger partial charge is 0.000671 e. The molecule has 20 heavy (non-hydrogen) atoms. The lowest BCUT2D eigenvalue weighted by molar-refractivity contribution is 0.211. The van der Waals surface area contributed by atoms with Crippen molar-refractivity contribution in [3.8, 4) is 0 Å². The molecule has 0 aromatic heterocycles. The van der Waals surface area contributed by atoms with Crippen molar-refractivity contribution in [2.45, 2.75) is 51.4 Å². The predicted octanol–water partition coefficient (Wildman–Crippen LogP) is 3.51. The first-order valence-electron chi connectivity index (χ1n) is 8.03. The van der Waals surface area contributed by atoms with Crippen LogP contribution in [0, 0.1) is 0 Å². The zero-order valence-corrected chi connectivity index (χ0v) is 13.4. The maximum Gasteiger partial charge on any atom is -0.000671 e. The molecule has 2 rings (SSSR count). The van der Waals surface area contributed by atoms with Crippen molar-refractivity contribution in [2.75, 3.05) is 26.2 Å². The van der Waals surface area contributed by atoms with E-state index >= 15 is 0 Å². The van der Waals surface area contributed by atoms with Gasteiger partial charge in [-0.3, -0.25) is 0 Å². The van der Waals surface area contributed by atoms with Gasteiger partial charge < -0.3 is 10.6 Å². The van der Waals surface area contributed by atoms with Gasteiger partial charge in [0.1, 0.15) is 0 Å². The van der Waals surface area contributed by atoms with Crippen molar-refractivity contribution < 1.29 is 0 Å². The third-order valence-electron chi connectivity index (χ3n) is 4.51. The van der Waals surface area contributed by atoms with Crippen molar-refractivity contribution in [1.82, 2.24) is 4.90 Å². The number of hydrogen-bond acceptors (Lipinski definition) is 2. The first kappa shape index (κ1) is 15.5. The summed E-state index contributed by atoms with van der Waals surface area (Å²) in [6, 6.07) is 9.33. The van der Waals surface area contributed by atoms with Crippen LogP contribution < -0.4 is 5.73 Å². The minimum absolute atomic E-state index is 0.254. The Balaban J connectivity index is 1.90. The fourth-order valence-electron chi connectivity index (χ4n) is 3.06. The quantitative estimate of drug-likeness (QED) is 0.910. The Morgan fingerprint density at radius 3 is 2.20 bits per heavy atom. The van der Waals surface area contributed by atoms with Crippen molar-refractivity contribution in [3.63, 3.8) is 0 Å². The summed E-state index contributed by atoms with van der Waals surface area (Å²) < 4.78 is 0. The molecule has 1 aromatic carbocycles. The molecule has 1 fully saturated rings. The van der Waals surface area contributed by atoms with Crippen LogP contribution in [0.5, 0.6) is 0 Å². The van der Waals surface area contributed by atoms with Crippen LogP contribution >= 0.6 is 0 Å². The normalized spacial score (nSPS) is 18.4. The maximum atomic E-state index is 5.59. The summed E-state index contributed by atoms with van der Waals surface area (Å²) in [7, 11) is 0. The second kappa shape index (κ2) is 6.73. The van der Waals surface area contributed by atoms with Crippen molar-refractivity contribution in [3.05, 3.63) is 35.4 Å². The molecular weight excluding hydrogens is 244 g/mol. The number of hydrogen-bond donors (Lipinski definition) is 1. The number of likely N-dealkylation sites (tertiary alicyclic amines) is 1. The molecule has 1 aliphatic rings. The number of nitrogens with two attached hydrogens (primary N) is 1. The van der Waals surface area contributed by atoms with Gasteiger partial charge in [0, 0.05) is 0 Å². The molecule has 0 spiro atoms. The van der Waals surface area contributed by atoms with Crippen LogP contribution in [-0.4, -0.2) is 31.1 Å². The van der Waals surface area contributed by atoms with Gasteiger partial charge in [0.2, 0.25) is 0 Å². The summed E-state index contributed by atoms with van der Waals surface area (Å²) >= 11 is 0. The Labute approximate surface area is 124 Å². The van der Waals surface area contributed by atoms with E-state index in [1.165, 1.54) is 43.6 Å². The van der Waals surface area contributed by atoms with Gasteiger partial charge in [-0.05, 0) is 67.9 Å². The Morgan fingerprint density at radius 1 is 1.10 bits per heavy atom. The number of rotatable bonds is 4. The third kappa shape index (κ3) is 4.07. The molecule has 0 saturated carbocycles. The number of nitrogens with zero attached hydrogens (tertiary/aromatic N) is 1. The van der Waals surface area contributed by atoms with Gasteiger partial charge in [-0.15, -0.1) is 0 Å². The van der Waals surface area contributed by atoms with Crippen molar-refractivity contribution >= 4 is 0 Å². The van der Waals surface area contributed by atoms with E-state index in [1.54, 1.807) is 0 Å². The molecule has 2 heteroatoms. The molecule has 2 N–H and O–H groups in total. The molecule has 2 nitrogen and oxygen atoms in total. The second-order valence-corrected chi connectivity index (χ2v) is 7.13. The van der Waals surface area contributed by atoms with Gasteiger partial charge in [0.15, 0.2) is 0 Å². The summed E-state index contributed by atoms with van der Waals surface area (Å²) in [6.45, 7) is 11.3. The van der Waals surface area contributed by atoms with Crippen molar-refractivity contribution in [1.29, 1.82) is 0 Å². The van der Waals surface area contributed by atoms with Crippen LogP contribution in [0.4, 0.5) is 0 Å². The summed E-state index contributed by atoms with van der Waals surface area (Å²) in [5.74, 6) is 0.748. The third-order valence-corrected chi connectivity index (χ3v) is 4.51. The van der Waals surface area contributed by atoms with Gasteiger partial charge in [0.25, 0.3) is 0 Å². The SMILES string of the molecule is CC(C)(C)c1ccc(C2CCN(CCCN)CC2)cc1. The summed E-state index contributed by atoms with van der Waals surface area (Å²) in [4.78, 5) is 2.56. The maximum absolute atomic E-state index is 5.59. The van der Waals surface area contributed by atoms with E-state index in [4.69, 9.17) is 5.73 Å². The highest BCUT2D eigenvalue weighted by Crippen LogP contribution is 2.30. The van der Waals surface area contributed by atoms with Crippen LogP contribution in [0.3, 0.4) is 0 Å². The largest absolute Gasteiger partial charge is 0.330 e. The first-order valence-corrected chi connectivity index (χ1v) is 8.03.